The molecule has 2 heterocycles. The molecule has 5 rings (SSSR count). The summed E-state index contributed by atoms with van der Waals surface area (Å²) in [5.41, 5.74) is 2.27. The third-order valence-electron chi connectivity index (χ3n) is 7.14. The molecule has 228 valence electrons. The van der Waals surface area contributed by atoms with Crippen molar-refractivity contribution in [3.63, 3.8) is 0 Å². The molecule has 0 bridgehead atoms. The van der Waals surface area contributed by atoms with E-state index in [1.54, 1.807) is 58.0 Å². The topological polar surface area (TPSA) is 114 Å². The first kappa shape index (κ1) is 30.9. The van der Waals surface area contributed by atoms with Gasteiger partial charge in [0.05, 0.1) is 0 Å². The summed E-state index contributed by atoms with van der Waals surface area (Å²) < 4.78 is 11.5. The highest BCUT2D eigenvalue weighted by molar-refractivity contribution is 8.00. The number of fused-ring (bicyclic) bond motifs is 1. The van der Waals surface area contributed by atoms with Gasteiger partial charge < -0.3 is 20.1 Å². The van der Waals surface area contributed by atoms with E-state index in [2.05, 4.69) is 10.6 Å². The van der Waals surface area contributed by atoms with Gasteiger partial charge in [0.15, 0.2) is 6.10 Å². The van der Waals surface area contributed by atoms with Crippen LogP contribution in [0.4, 0.5) is 4.79 Å². The number of benzene rings is 3. The Kier molecular flexibility index (Phi) is 9.10. The molecule has 0 aliphatic carbocycles. The van der Waals surface area contributed by atoms with E-state index in [1.807, 2.05) is 60.7 Å². The third kappa shape index (κ3) is 6.81. The van der Waals surface area contributed by atoms with Gasteiger partial charge in [-0.05, 0) is 50.0 Å². The Morgan fingerprint density at radius 3 is 1.91 bits per heavy atom. The molecule has 3 atom stereocenters. The van der Waals surface area contributed by atoms with E-state index in [0.717, 1.165) is 11.1 Å². The maximum Gasteiger partial charge on any atom is 0.408 e. The predicted molar refractivity (Wildman–Crippen MR) is 167 cm³/mol. The third-order valence-corrected chi connectivity index (χ3v) is 8.56. The molecule has 10 heteroatoms. The fourth-order valence-corrected chi connectivity index (χ4v) is 6.41. The number of ether oxygens (including phenoxy) is 2. The largest absolute Gasteiger partial charge is 0.448 e. The standard InChI is InChI=1S/C34H35N3O6S/c1-21-20-44-31-26(35-29(38)25(22-14-8-5-9-15-22)36-33(41)43-34(2,3)4)30(39)37(31)27(21)32(40)42-28(23-16-10-6-11-17-23)24-18-12-7-13-19-24/h5-19,25-26,28,31H,20H2,1-4H3,(H,35,38)(H,36,41)/t25-,26?,31?/m1/s1. The zero-order chi connectivity index (χ0) is 31.4. The number of nitrogens with one attached hydrogen (secondary N) is 2. The first-order valence-corrected chi connectivity index (χ1v) is 15.4. The monoisotopic (exact) mass is 613 g/mol. The Balaban J connectivity index is 1.33. The van der Waals surface area contributed by atoms with Crippen LogP contribution in [0.1, 0.15) is 56.5 Å². The quantitative estimate of drug-likeness (QED) is 0.263. The molecule has 2 aliphatic heterocycles. The molecule has 9 nitrogen and oxygen atoms in total. The molecule has 2 N–H and O–H groups in total. The number of thioether (sulfide) groups is 1. The molecular weight excluding hydrogens is 578 g/mol. The summed E-state index contributed by atoms with van der Waals surface area (Å²) in [5.74, 6) is -1.13. The summed E-state index contributed by atoms with van der Waals surface area (Å²) in [6.07, 6.45) is -1.43. The number of carbonyl (C=O) groups is 4. The zero-order valence-corrected chi connectivity index (χ0v) is 25.8. The van der Waals surface area contributed by atoms with Crippen molar-refractivity contribution in [2.45, 2.75) is 56.9 Å². The van der Waals surface area contributed by atoms with Crippen LogP contribution >= 0.6 is 11.8 Å². The molecule has 0 spiro atoms. The van der Waals surface area contributed by atoms with Crippen molar-refractivity contribution >= 4 is 35.6 Å². The fourth-order valence-electron chi connectivity index (χ4n) is 5.12. The summed E-state index contributed by atoms with van der Waals surface area (Å²) in [6, 6.07) is 25.6. The van der Waals surface area contributed by atoms with Gasteiger partial charge >= 0.3 is 12.1 Å². The number of hydrogen-bond acceptors (Lipinski definition) is 7. The van der Waals surface area contributed by atoms with E-state index in [-0.39, 0.29) is 5.70 Å². The van der Waals surface area contributed by atoms with Crippen molar-refractivity contribution in [2.24, 2.45) is 0 Å². The molecule has 44 heavy (non-hydrogen) atoms. The minimum absolute atomic E-state index is 0.188. The van der Waals surface area contributed by atoms with Gasteiger partial charge in [-0.3, -0.25) is 14.5 Å². The Bertz CT molecular complexity index is 1520. The lowest BCUT2D eigenvalue weighted by atomic mass is 10.00. The molecule has 2 aliphatic rings. The van der Waals surface area contributed by atoms with Crippen molar-refractivity contribution in [2.75, 3.05) is 5.75 Å². The predicted octanol–water partition coefficient (Wildman–Crippen LogP) is 5.26. The van der Waals surface area contributed by atoms with E-state index in [0.29, 0.717) is 16.9 Å². The first-order valence-electron chi connectivity index (χ1n) is 14.3. The van der Waals surface area contributed by atoms with E-state index in [1.165, 1.54) is 16.7 Å². The molecule has 0 radical (unpaired) electrons. The van der Waals surface area contributed by atoms with Crippen LogP contribution in [-0.4, -0.2) is 51.5 Å². The number of hydrogen-bond donors (Lipinski definition) is 2. The van der Waals surface area contributed by atoms with Gasteiger partial charge in [0.1, 0.15) is 28.8 Å². The van der Waals surface area contributed by atoms with Crippen molar-refractivity contribution in [1.82, 2.24) is 15.5 Å². The van der Waals surface area contributed by atoms with Gasteiger partial charge in [0.2, 0.25) is 5.91 Å². The molecule has 3 aromatic carbocycles. The van der Waals surface area contributed by atoms with E-state index in [4.69, 9.17) is 9.47 Å². The summed E-state index contributed by atoms with van der Waals surface area (Å²) in [4.78, 5) is 54.8. The second kappa shape index (κ2) is 13.0. The summed E-state index contributed by atoms with van der Waals surface area (Å²) in [6.45, 7) is 6.99. The number of β-lactam (4-membered cyclic amide) rings is 1. The second-order valence-electron chi connectivity index (χ2n) is 11.6. The van der Waals surface area contributed by atoms with Gasteiger partial charge in [-0.25, -0.2) is 9.59 Å². The van der Waals surface area contributed by atoms with Crippen LogP contribution in [-0.2, 0) is 23.9 Å². The zero-order valence-electron chi connectivity index (χ0n) is 25.0. The smallest absolute Gasteiger partial charge is 0.408 e. The Hall–Kier alpha value is -4.57. The maximum absolute atomic E-state index is 13.7. The number of amides is 3. The number of nitrogens with zero attached hydrogens (tertiary/aromatic N) is 1. The highest BCUT2D eigenvalue weighted by atomic mass is 32.2. The van der Waals surface area contributed by atoms with E-state index >= 15 is 0 Å². The lowest BCUT2D eigenvalue weighted by Crippen LogP contribution is -2.71. The molecule has 3 aromatic rings. The van der Waals surface area contributed by atoms with E-state index < -0.39 is 53.0 Å². The van der Waals surface area contributed by atoms with Crippen LogP contribution in [0.25, 0.3) is 0 Å². The summed E-state index contributed by atoms with van der Waals surface area (Å²) >= 11 is 1.45. The van der Waals surface area contributed by atoms with Crippen LogP contribution in [0.2, 0.25) is 0 Å². The molecule has 0 saturated carbocycles. The molecule has 2 unspecified atom stereocenters. The second-order valence-corrected chi connectivity index (χ2v) is 12.7. The van der Waals surface area contributed by atoms with Crippen LogP contribution < -0.4 is 10.6 Å². The minimum atomic E-state index is -1.10. The lowest BCUT2D eigenvalue weighted by Gasteiger charge is -2.49. The summed E-state index contributed by atoms with van der Waals surface area (Å²) in [7, 11) is 0. The van der Waals surface area contributed by atoms with Gasteiger partial charge in [-0.15, -0.1) is 11.8 Å². The SMILES string of the molecule is CC1=C(C(=O)OC(c2ccccc2)c2ccccc2)N2C(=O)C(NC(=O)[C@H](NC(=O)OC(C)(C)C)c3ccccc3)C2SC1. The molecule has 3 amide bonds. The van der Waals surface area contributed by atoms with E-state index in [9.17, 15) is 19.2 Å². The van der Waals surface area contributed by atoms with Gasteiger partial charge in [0.25, 0.3) is 5.91 Å². The number of carbonyl (C=O) groups excluding carboxylic acids is 4. The highest BCUT2D eigenvalue weighted by Gasteiger charge is 2.54. The average molecular weight is 614 g/mol. The van der Waals surface area contributed by atoms with Crippen LogP contribution in [0.15, 0.2) is 102 Å². The highest BCUT2D eigenvalue weighted by Crippen LogP contribution is 2.41. The fraction of sp³-hybridized carbons (Fsp3) is 0.294. The molecule has 1 fully saturated rings. The van der Waals surface area contributed by atoms with Gasteiger partial charge in [-0.2, -0.15) is 0 Å². The average Bonchev–Trinajstić information content (AvgIpc) is 3.01. The Morgan fingerprint density at radius 1 is 0.864 bits per heavy atom. The van der Waals surface area contributed by atoms with Crippen molar-refractivity contribution in [1.29, 1.82) is 0 Å². The van der Waals surface area contributed by atoms with Crippen molar-refractivity contribution < 1.29 is 28.7 Å². The van der Waals surface area contributed by atoms with Gasteiger partial charge in [0, 0.05) is 5.75 Å². The van der Waals surface area contributed by atoms with Gasteiger partial charge in [-0.1, -0.05) is 91.0 Å². The van der Waals surface area contributed by atoms with Crippen molar-refractivity contribution in [3.8, 4) is 0 Å². The number of esters is 1. The number of rotatable bonds is 8. The molecule has 1 saturated heterocycles. The first-order chi connectivity index (χ1) is 21.0. The molecule has 0 aromatic heterocycles. The Morgan fingerprint density at radius 2 is 1.39 bits per heavy atom. The summed E-state index contributed by atoms with van der Waals surface area (Å²) in [5, 5.41) is 4.92. The van der Waals surface area contributed by atoms with Crippen molar-refractivity contribution in [3.05, 3.63) is 119 Å². The maximum atomic E-state index is 13.7. The normalized spacial score (nSPS) is 18.6. The Labute approximate surface area is 261 Å². The molecular formula is C34H35N3O6S. The van der Waals surface area contributed by atoms with Crippen LogP contribution in [0, 0.1) is 0 Å². The van der Waals surface area contributed by atoms with Crippen LogP contribution in [0.3, 0.4) is 0 Å². The minimum Gasteiger partial charge on any atom is -0.448 e. The van der Waals surface area contributed by atoms with Crippen LogP contribution in [0.5, 0.6) is 0 Å². The number of alkyl carbamates (subject to hydrolysis) is 1. The lowest BCUT2D eigenvalue weighted by molar-refractivity contribution is -0.154.